The van der Waals surface area contributed by atoms with E-state index in [4.69, 9.17) is 0 Å². The van der Waals surface area contributed by atoms with E-state index in [0.29, 0.717) is 32.0 Å². The number of hydrogen-bond acceptors (Lipinski definition) is 5. The monoisotopic (exact) mass is 336 g/mol. The van der Waals surface area contributed by atoms with E-state index >= 15 is 0 Å². The lowest BCUT2D eigenvalue weighted by molar-refractivity contribution is 0.381. The van der Waals surface area contributed by atoms with Gasteiger partial charge in [-0.25, -0.2) is 13.4 Å². The summed E-state index contributed by atoms with van der Waals surface area (Å²) in [5.41, 5.74) is 0.734. The second-order valence-electron chi connectivity index (χ2n) is 5.62. The topological polar surface area (TPSA) is 78.7 Å². The van der Waals surface area contributed by atoms with Crippen molar-refractivity contribution in [2.24, 2.45) is 7.05 Å². The second-order valence-corrected chi connectivity index (χ2v) is 7.50. The van der Waals surface area contributed by atoms with Crippen molar-refractivity contribution in [1.29, 1.82) is 0 Å². The molecule has 1 fully saturated rings. The maximum atomic E-state index is 12.6. The highest BCUT2D eigenvalue weighted by Gasteiger charge is 2.31. The molecular formula is C15H20N4O3S. The van der Waals surface area contributed by atoms with Gasteiger partial charge in [-0.2, -0.15) is 4.31 Å². The molecule has 0 saturated carbocycles. The summed E-state index contributed by atoms with van der Waals surface area (Å²) in [6.45, 7) is 3.57. The number of aromatic hydroxyl groups is 1. The molecule has 2 heterocycles. The number of rotatable bonds is 3. The molecule has 0 spiro atoms. The zero-order valence-corrected chi connectivity index (χ0v) is 14.0. The van der Waals surface area contributed by atoms with E-state index in [0.717, 1.165) is 5.69 Å². The highest BCUT2D eigenvalue weighted by atomic mass is 32.2. The van der Waals surface area contributed by atoms with Crippen molar-refractivity contribution in [3.63, 3.8) is 0 Å². The Labute approximate surface area is 135 Å². The number of nitrogens with zero attached hydrogens (tertiary/aromatic N) is 4. The largest absolute Gasteiger partial charge is 0.506 e. The van der Waals surface area contributed by atoms with E-state index in [9.17, 15) is 13.5 Å². The van der Waals surface area contributed by atoms with Gasteiger partial charge in [0, 0.05) is 39.4 Å². The molecule has 124 valence electrons. The van der Waals surface area contributed by atoms with Crippen LogP contribution in [0.5, 0.6) is 5.75 Å². The predicted molar refractivity (Wildman–Crippen MR) is 87.0 cm³/mol. The number of para-hydroxylation sites is 2. The average molecular weight is 336 g/mol. The molecule has 0 atom stereocenters. The first-order chi connectivity index (χ1) is 10.9. The van der Waals surface area contributed by atoms with E-state index in [2.05, 4.69) is 4.98 Å². The van der Waals surface area contributed by atoms with Crippen molar-refractivity contribution in [1.82, 2.24) is 13.9 Å². The number of sulfonamides is 1. The van der Waals surface area contributed by atoms with Crippen LogP contribution in [-0.2, 0) is 17.1 Å². The molecule has 1 aliphatic rings. The highest BCUT2D eigenvalue weighted by molar-refractivity contribution is 7.89. The van der Waals surface area contributed by atoms with Gasteiger partial charge in [0.1, 0.15) is 11.6 Å². The summed E-state index contributed by atoms with van der Waals surface area (Å²) in [5, 5.41) is 10.0. The van der Waals surface area contributed by atoms with Crippen LogP contribution >= 0.6 is 0 Å². The van der Waals surface area contributed by atoms with E-state index in [1.54, 1.807) is 36.9 Å². The Hall–Kier alpha value is -2.06. The van der Waals surface area contributed by atoms with Gasteiger partial charge in [-0.1, -0.05) is 12.1 Å². The lowest BCUT2D eigenvalue weighted by atomic mass is 10.2. The predicted octanol–water partition coefficient (Wildman–Crippen LogP) is 0.945. The van der Waals surface area contributed by atoms with Gasteiger partial charge in [0.2, 0.25) is 0 Å². The molecular weight excluding hydrogens is 316 g/mol. The van der Waals surface area contributed by atoms with Gasteiger partial charge < -0.3 is 14.6 Å². The third-order valence-electron chi connectivity index (χ3n) is 4.15. The first-order valence-corrected chi connectivity index (χ1v) is 8.86. The Morgan fingerprint density at radius 2 is 1.78 bits per heavy atom. The third kappa shape index (κ3) is 2.91. The van der Waals surface area contributed by atoms with Crippen LogP contribution < -0.4 is 4.90 Å². The molecule has 8 heteroatoms. The first kappa shape index (κ1) is 15.8. The number of aromatic nitrogens is 2. The molecule has 1 aromatic carbocycles. The lowest BCUT2D eigenvalue weighted by Gasteiger charge is -2.35. The van der Waals surface area contributed by atoms with Gasteiger partial charge in [-0.05, 0) is 19.1 Å². The minimum Gasteiger partial charge on any atom is -0.506 e. The number of piperazine rings is 1. The highest BCUT2D eigenvalue weighted by Crippen LogP contribution is 2.28. The maximum Gasteiger partial charge on any atom is 0.262 e. The molecule has 1 aromatic heterocycles. The van der Waals surface area contributed by atoms with E-state index in [1.807, 2.05) is 17.0 Å². The van der Waals surface area contributed by atoms with Crippen molar-refractivity contribution >= 4 is 15.7 Å². The molecule has 0 unspecified atom stereocenters. The Morgan fingerprint density at radius 3 is 2.35 bits per heavy atom. The summed E-state index contributed by atoms with van der Waals surface area (Å²) < 4.78 is 28.4. The van der Waals surface area contributed by atoms with E-state index in [1.165, 1.54) is 4.31 Å². The fourth-order valence-corrected chi connectivity index (χ4v) is 4.13. The molecule has 1 saturated heterocycles. The Kier molecular flexibility index (Phi) is 4.03. The molecule has 0 bridgehead atoms. The van der Waals surface area contributed by atoms with Crippen LogP contribution in [0.2, 0.25) is 0 Å². The zero-order valence-electron chi connectivity index (χ0n) is 13.2. The fraction of sp³-hybridized carbons (Fsp3) is 0.400. The van der Waals surface area contributed by atoms with Crippen LogP contribution in [-0.4, -0.2) is 53.6 Å². The van der Waals surface area contributed by atoms with Crippen LogP contribution in [0.1, 0.15) is 5.82 Å². The number of phenolic OH excluding ortho intramolecular Hbond substituents is 1. The average Bonchev–Trinajstić information content (AvgIpc) is 2.88. The van der Waals surface area contributed by atoms with Crippen LogP contribution in [0.25, 0.3) is 0 Å². The third-order valence-corrected chi connectivity index (χ3v) is 5.92. The van der Waals surface area contributed by atoms with Crippen LogP contribution in [0.4, 0.5) is 5.69 Å². The molecule has 2 aromatic rings. The molecule has 0 aliphatic carbocycles. The van der Waals surface area contributed by atoms with Crippen LogP contribution in [0.15, 0.2) is 35.5 Å². The summed E-state index contributed by atoms with van der Waals surface area (Å²) >= 11 is 0. The summed E-state index contributed by atoms with van der Waals surface area (Å²) in [6, 6.07) is 7.09. The van der Waals surface area contributed by atoms with Crippen LogP contribution in [0, 0.1) is 6.92 Å². The molecule has 1 N–H and O–H groups in total. The standard InChI is InChI=1S/C15H20N4O3S/c1-12-16-15(11-17(12)2)23(21,22)19-9-7-18(8-10-19)13-5-3-4-6-14(13)20/h3-6,11,20H,7-10H2,1-2H3. The first-order valence-electron chi connectivity index (χ1n) is 7.42. The number of benzene rings is 1. The summed E-state index contributed by atoms with van der Waals surface area (Å²) in [4.78, 5) is 6.12. The number of phenols is 1. The van der Waals surface area contributed by atoms with E-state index in [-0.39, 0.29) is 10.8 Å². The number of imidazole rings is 1. The Bertz CT molecular complexity index is 788. The lowest BCUT2D eigenvalue weighted by Crippen LogP contribution is -2.48. The number of hydrogen-bond donors (Lipinski definition) is 1. The van der Waals surface area contributed by atoms with Crippen molar-refractivity contribution in [2.75, 3.05) is 31.1 Å². The molecule has 0 radical (unpaired) electrons. The quantitative estimate of drug-likeness (QED) is 0.903. The van der Waals surface area contributed by atoms with Crippen molar-refractivity contribution in [3.8, 4) is 5.75 Å². The van der Waals surface area contributed by atoms with Gasteiger partial charge in [-0.15, -0.1) is 0 Å². The molecule has 7 nitrogen and oxygen atoms in total. The second kappa shape index (κ2) is 5.86. The SMILES string of the molecule is Cc1nc(S(=O)(=O)N2CCN(c3ccccc3O)CC2)cn1C. The Morgan fingerprint density at radius 1 is 1.13 bits per heavy atom. The molecule has 1 aliphatic heterocycles. The van der Waals surface area contributed by atoms with Crippen molar-refractivity contribution < 1.29 is 13.5 Å². The minimum atomic E-state index is -3.57. The molecule has 23 heavy (non-hydrogen) atoms. The van der Waals surface area contributed by atoms with Gasteiger partial charge >= 0.3 is 0 Å². The maximum absolute atomic E-state index is 12.6. The number of aryl methyl sites for hydroxylation is 2. The normalized spacial score (nSPS) is 16.7. The van der Waals surface area contributed by atoms with Gasteiger partial charge in [-0.3, -0.25) is 0 Å². The fourth-order valence-electron chi connectivity index (χ4n) is 2.68. The van der Waals surface area contributed by atoms with Crippen LogP contribution in [0.3, 0.4) is 0 Å². The summed E-state index contributed by atoms with van der Waals surface area (Å²) in [7, 11) is -1.79. The van der Waals surface area contributed by atoms with E-state index < -0.39 is 10.0 Å². The van der Waals surface area contributed by atoms with Crippen molar-refractivity contribution in [3.05, 3.63) is 36.3 Å². The van der Waals surface area contributed by atoms with Gasteiger partial charge in [0.05, 0.1) is 5.69 Å². The van der Waals surface area contributed by atoms with Crippen molar-refractivity contribution in [2.45, 2.75) is 11.9 Å². The number of anilines is 1. The minimum absolute atomic E-state index is 0.0912. The zero-order chi connectivity index (χ0) is 16.6. The summed E-state index contributed by atoms with van der Waals surface area (Å²) in [6.07, 6.45) is 1.54. The molecule has 0 amide bonds. The molecule has 3 rings (SSSR count). The van der Waals surface area contributed by atoms with Gasteiger partial charge in [0.25, 0.3) is 10.0 Å². The van der Waals surface area contributed by atoms with Gasteiger partial charge in [0.15, 0.2) is 5.03 Å². The smallest absolute Gasteiger partial charge is 0.262 e. The Balaban J connectivity index is 1.75. The summed E-state index contributed by atoms with van der Waals surface area (Å²) in [5.74, 6) is 0.876.